The monoisotopic (exact) mass is 309 g/mol. The Morgan fingerprint density at radius 1 is 1.35 bits per heavy atom. The average molecular weight is 309 g/mol. The van der Waals surface area contributed by atoms with Crippen LogP contribution in [-0.4, -0.2) is 74.3 Å². The van der Waals surface area contributed by atoms with Gasteiger partial charge in [0.2, 0.25) is 21.8 Å². The number of hydrogen-bond acceptors (Lipinski definition) is 6. The molecule has 1 aliphatic rings. The molecule has 0 aromatic rings. The number of morpholine rings is 1. The molecule has 0 saturated carbocycles. The topological polar surface area (TPSA) is 139 Å². The van der Waals surface area contributed by atoms with E-state index in [9.17, 15) is 18.0 Å². The molecular weight excluding hydrogens is 290 g/mol. The van der Waals surface area contributed by atoms with Crippen LogP contribution in [0.2, 0.25) is 0 Å². The number of carbonyl (C=O) groups is 2. The maximum atomic E-state index is 11.9. The van der Waals surface area contributed by atoms with Crippen molar-refractivity contribution in [2.75, 3.05) is 38.6 Å². The molecule has 1 aliphatic heterocycles. The molecule has 1 fully saturated rings. The molecule has 1 unspecified atom stereocenters. The van der Waals surface area contributed by atoms with Crippen LogP contribution >= 0.6 is 0 Å². The minimum Gasteiger partial charge on any atom is -0.381 e. The van der Waals surface area contributed by atoms with Crippen molar-refractivity contribution in [3.05, 3.63) is 0 Å². The molecule has 116 valence electrons. The number of nitrogens with one attached hydrogen (secondary N) is 1. The van der Waals surface area contributed by atoms with Crippen molar-refractivity contribution in [2.45, 2.75) is 12.5 Å². The van der Waals surface area contributed by atoms with Crippen LogP contribution in [0, 0.1) is 0 Å². The summed E-state index contributed by atoms with van der Waals surface area (Å²) < 4.78 is 30.1. The van der Waals surface area contributed by atoms with Crippen LogP contribution in [0.1, 0.15) is 6.42 Å². The van der Waals surface area contributed by atoms with Crippen LogP contribution in [0.3, 0.4) is 0 Å². The van der Waals surface area contributed by atoms with Gasteiger partial charge in [-0.2, -0.15) is 4.31 Å². The first-order valence-corrected chi connectivity index (χ1v) is 7.73. The maximum absolute atomic E-state index is 11.9. The second-order valence-electron chi connectivity index (χ2n) is 4.30. The largest absolute Gasteiger partial charge is 0.381 e. The molecule has 0 spiro atoms. The Morgan fingerprint density at radius 2 is 1.95 bits per heavy atom. The number of nitrogens with two attached hydrogens (primary N) is 1. The summed E-state index contributed by atoms with van der Waals surface area (Å²) in [4.78, 5) is 22.0. The van der Waals surface area contributed by atoms with Gasteiger partial charge in [-0.25, -0.2) is 8.42 Å². The SMILES string of the molecule is NC(=O)C(O)CNC(=O)CCS(=O)(=O)N1CCOCC1. The van der Waals surface area contributed by atoms with Crippen LogP contribution < -0.4 is 11.1 Å². The van der Waals surface area contributed by atoms with Crippen LogP contribution in [0.5, 0.6) is 0 Å². The normalized spacial score (nSPS) is 18.4. The van der Waals surface area contributed by atoms with E-state index in [0.29, 0.717) is 13.2 Å². The van der Waals surface area contributed by atoms with Gasteiger partial charge >= 0.3 is 0 Å². The molecule has 4 N–H and O–H groups in total. The van der Waals surface area contributed by atoms with Gasteiger partial charge in [0.25, 0.3) is 0 Å². The van der Waals surface area contributed by atoms with E-state index in [1.807, 2.05) is 0 Å². The Labute approximate surface area is 117 Å². The lowest BCUT2D eigenvalue weighted by molar-refractivity contribution is -0.126. The lowest BCUT2D eigenvalue weighted by Gasteiger charge is -2.25. The number of ether oxygens (including phenoxy) is 1. The lowest BCUT2D eigenvalue weighted by Crippen LogP contribution is -2.43. The van der Waals surface area contributed by atoms with E-state index in [1.165, 1.54) is 4.31 Å². The highest BCUT2D eigenvalue weighted by Gasteiger charge is 2.25. The Morgan fingerprint density at radius 3 is 2.50 bits per heavy atom. The zero-order valence-corrected chi connectivity index (χ0v) is 11.8. The van der Waals surface area contributed by atoms with Gasteiger partial charge in [-0.1, -0.05) is 0 Å². The number of rotatable bonds is 7. The first-order chi connectivity index (χ1) is 9.33. The number of amides is 2. The summed E-state index contributed by atoms with van der Waals surface area (Å²) in [5, 5.41) is 11.3. The predicted octanol–water partition coefficient (Wildman–Crippen LogP) is -3.00. The van der Waals surface area contributed by atoms with E-state index in [0.717, 1.165) is 0 Å². The summed E-state index contributed by atoms with van der Waals surface area (Å²) in [5.41, 5.74) is 4.81. The summed E-state index contributed by atoms with van der Waals surface area (Å²) in [6.07, 6.45) is -1.72. The van der Waals surface area contributed by atoms with Crippen LogP contribution in [0.4, 0.5) is 0 Å². The highest BCUT2D eigenvalue weighted by atomic mass is 32.2. The molecule has 2 amide bonds. The minimum absolute atomic E-state index is 0.245. The second-order valence-corrected chi connectivity index (χ2v) is 6.39. The Hall–Kier alpha value is -1.23. The molecule has 1 heterocycles. The zero-order chi connectivity index (χ0) is 15.2. The van der Waals surface area contributed by atoms with Crippen molar-refractivity contribution in [3.8, 4) is 0 Å². The maximum Gasteiger partial charge on any atom is 0.248 e. The molecule has 9 nitrogen and oxygen atoms in total. The summed E-state index contributed by atoms with van der Waals surface area (Å²) in [5.74, 6) is -1.85. The van der Waals surface area contributed by atoms with E-state index < -0.39 is 27.9 Å². The third kappa shape index (κ3) is 5.41. The lowest BCUT2D eigenvalue weighted by atomic mass is 10.3. The van der Waals surface area contributed by atoms with Gasteiger partial charge in [0.05, 0.1) is 25.5 Å². The number of primary amides is 1. The van der Waals surface area contributed by atoms with Gasteiger partial charge < -0.3 is 20.9 Å². The van der Waals surface area contributed by atoms with Crippen molar-refractivity contribution < 1.29 is 27.9 Å². The number of hydrogen-bond donors (Lipinski definition) is 3. The Kier molecular flexibility index (Phi) is 6.33. The number of carbonyl (C=O) groups excluding carboxylic acids is 2. The molecule has 1 atom stereocenters. The molecular formula is C10H19N3O6S. The first kappa shape index (κ1) is 16.8. The smallest absolute Gasteiger partial charge is 0.248 e. The van der Waals surface area contributed by atoms with Crippen molar-refractivity contribution in [1.29, 1.82) is 0 Å². The van der Waals surface area contributed by atoms with E-state index in [-0.39, 0.29) is 31.8 Å². The molecule has 0 radical (unpaired) electrons. The molecule has 10 heteroatoms. The summed E-state index contributed by atoms with van der Waals surface area (Å²) in [6, 6.07) is 0. The van der Waals surface area contributed by atoms with Gasteiger partial charge in [0, 0.05) is 19.5 Å². The third-order valence-electron chi connectivity index (χ3n) is 2.77. The van der Waals surface area contributed by atoms with E-state index >= 15 is 0 Å². The molecule has 0 aromatic carbocycles. The summed E-state index contributed by atoms with van der Waals surface area (Å²) >= 11 is 0. The second kappa shape index (κ2) is 7.53. The predicted molar refractivity (Wildman–Crippen MR) is 69.0 cm³/mol. The average Bonchev–Trinajstić information content (AvgIpc) is 2.43. The Balaban J connectivity index is 2.34. The van der Waals surface area contributed by atoms with Gasteiger partial charge in [-0.3, -0.25) is 9.59 Å². The minimum atomic E-state index is -3.49. The van der Waals surface area contributed by atoms with E-state index in [2.05, 4.69) is 5.32 Å². The molecule has 1 saturated heterocycles. The van der Waals surface area contributed by atoms with E-state index in [4.69, 9.17) is 15.6 Å². The molecule has 0 aliphatic carbocycles. The highest BCUT2D eigenvalue weighted by molar-refractivity contribution is 7.89. The zero-order valence-electron chi connectivity index (χ0n) is 10.9. The molecule has 0 bridgehead atoms. The van der Waals surface area contributed by atoms with Crippen molar-refractivity contribution in [1.82, 2.24) is 9.62 Å². The summed E-state index contributed by atoms with van der Waals surface area (Å²) in [7, 11) is -3.49. The van der Waals surface area contributed by atoms with E-state index in [1.54, 1.807) is 0 Å². The van der Waals surface area contributed by atoms with Crippen molar-refractivity contribution in [3.63, 3.8) is 0 Å². The highest BCUT2D eigenvalue weighted by Crippen LogP contribution is 2.06. The van der Waals surface area contributed by atoms with Crippen molar-refractivity contribution >= 4 is 21.8 Å². The quantitative estimate of drug-likeness (QED) is 0.458. The Bertz CT molecular complexity index is 446. The number of aliphatic hydroxyl groups excluding tert-OH is 1. The fraction of sp³-hybridized carbons (Fsp3) is 0.800. The molecule has 1 rings (SSSR count). The standard InChI is InChI=1S/C10H19N3O6S/c11-10(16)8(14)7-12-9(15)1-6-20(17,18)13-2-4-19-5-3-13/h8,14H,1-7H2,(H2,11,16)(H,12,15). The summed E-state index contributed by atoms with van der Waals surface area (Å²) in [6.45, 7) is 0.924. The van der Waals surface area contributed by atoms with Crippen LogP contribution in [0.25, 0.3) is 0 Å². The van der Waals surface area contributed by atoms with Gasteiger partial charge in [-0.05, 0) is 0 Å². The fourth-order valence-corrected chi connectivity index (χ4v) is 2.98. The van der Waals surface area contributed by atoms with Crippen molar-refractivity contribution in [2.24, 2.45) is 5.73 Å². The van der Waals surface area contributed by atoms with Gasteiger partial charge in [0.15, 0.2) is 0 Å². The first-order valence-electron chi connectivity index (χ1n) is 6.12. The molecule has 20 heavy (non-hydrogen) atoms. The number of nitrogens with zero attached hydrogens (tertiary/aromatic N) is 1. The third-order valence-corrected chi connectivity index (χ3v) is 4.64. The number of sulfonamides is 1. The fourth-order valence-electron chi connectivity index (χ4n) is 1.58. The van der Waals surface area contributed by atoms with Gasteiger partial charge in [0.1, 0.15) is 6.10 Å². The number of aliphatic hydroxyl groups is 1. The van der Waals surface area contributed by atoms with Crippen LogP contribution in [0.15, 0.2) is 0 Å². The van der Waals surface area contributed by atoms with Crippen LogP contribution in [-0.2, 0) is 24.3 Å². The van der Waals surface area contributed by atoms with Gasteiger partial charge in [-0.15, -0.1) is 0 Å². The molecule has 0 aromatic heterocycles.